The highest BCUT2D eigenvalue weighted by molar-refractivity contribution is 5.94. The van der Waals surface area contributed by atoms with Crippen molar-refractivity contribution in [3.8, 4) is 11.5 Å². The van der Waals surface area contributed by atoms with Gasteiger partial charge in [-0.2, -0.15) is 0 Å². The van der Waals surface area contributed by atoms with Gasteiger partial charge in [0.2, 0.25) is 5.43 Å². The number of nitrogens with zero attached hydrogens (tertiary/aromatic N) is 3. The molecule has 1 aliphatic heterocycles. The second kappa shape index (κ2) is 9.64. The van der Waals surface area contributed by atoms with E-state index < -0.39 is 0 Å². The zero-order chi connectivity index (χ0) is 23.4. The van der Waals surface area contributed by atoms with Crippen molar-refractivity contribution in [3.05, 3.63) is 82.2 Å². The fourth-order valence-electron chi connectivity index (χ4n) is 3.68. The third-order valence-corrected chi connectivity index (χ3v) is 5.54. The van der Waals surface area contributed by atoms with Crippen LogP contribution < -0.4 is 14.9 Å². The first-order valence-electron chi connectivity index (χ1n) is 10.5. The number of aryl methyl sites for hydroxylation is 1. The van der Waals surface area contributed by atoms with E-state index in [9.17, 15) is 14.4 Å². The number of amides is 2. The van der Waals surface area contributed by atoms with Gasteiger partial charge in [-0.25, -0.2) is 0 Å². The Labute approximate surface area is 190 Å². The average molecular weight is 451 g/mol. The Kier molecular flexibility index (Phi) is 6.48. The first-order chi connectivity index (χ1) is 16.0. The van der Waals surface area contributed by atoms with Crippen LogP contribution in [-0.2, 0) is 13.7 Å². The first kappa shape index (κ1) is 22.2. The molecule has 33 heavy (non-hydrogen) atoms. The molecule has 0 unspecified atom stereocenters. The average Bonchev–Trinajstić information content (AvgIpc) is 3.39. The van der Waals surface area contributed by atoms with Crippen molar-refractivity contribution >= 4 is 11.8 Å². The molecule has 1 fully saturated rings. The minimum Gasteiger partial charge on any atom is -0.497 e. The van der Waals surface area contributed by atoms with Crippen LogP contribution in [0.3, 0.4) is 0 Å². The lowest BCUT2D eigenvalue weighted by atomic mass is 10.2. The lowest BCUT2D eigenvalue weighted by Crippen LogP contribution is -2.51. The normalized spacial score (nSPS) is 13.6. The lowest BCUT2D eigenvalue weighted by Gasteiger charge is -2.34. The highest BCUT2D eigenvalue weighted by atomic mass is 16.5. The number of ether oxygens (including phenoxy) is 2. The molecule has 1 aliphatic rings. The van der Waals surface area contributed by atoms with Crippen molar-refractivity contribution in [2.75, 3.05) is 33.3 Å². The lowest BCUT2D eigenvalue weighted by molar-refractivity contribution is 0.0512. The summed E-state index contributed by atoms with van der Waals surface area (Å²) in [5, 5.41) is 0. The SMILES string of the molecule is COc1cccc(COc2cn(C)c(C(=O)N3CCN(C(=O)c4ccco4)CC3)cc2=O)c1. The first-order valence-corrected chi connectivity index (χ1v) is 10.5. The Morgan fingerprint density at radius 2 is 1.73 bits per heavy atom. The van der Waals surface area contributed by atoms with Gasteiger partial charge in [-0.3, -0.25) is 14.4 Å². The molecular formula is C24H25N3O6. The largest absolute Gasteiger partial charge is 0.497 e. The van der Waals surface area contributed by atoms with E-state index in [2.05, 4.69) is 0 Å². The molecule has 9 nitrogen and oxygen atoms in total. The molecule has 0 aliphatic carbocycles. The topological polar surface area (TPSA) is 94.2 Å². The highest BCUT2D eigenvalue weighted by Crippen LogP contribution is 2.16. The van der Waals surface area contributed by atoms with Gasteiger partial charge in [-0.15, -0.1) is 0 Å². The third-order valence-electron chi connectivity index (χ3n) is 5.54. The summed E-state index contributed by atoms with van der Waals surface area (Å²) < 4.78 is 17.6. The Morgan fingerprint density at radius 3 is 2.39 bits per heavy atom. The molecule has 9 heteroatoms. The van der Waals surface area contributed by atoms with Gasteiger partial charge in [0.25, 0.3) is 11.8 Å². The summed E-state index contributed by atoms with van der Waals surface area (Å²) >= 11 is 0. The van der Waals surface area contributed by atoms with Gasteiger partial charge < -0.3 is 28.3 Å². The van der Waals surface area contributed by atoms with E-state index >= 15 is 0 Å². The number of pyridine rings is 1. The second-order valence-electron chi connectivity index (χ2n) is 7.70. The molecule has 3 aromatic rings. The minimum atomic E-state index is -0.369. The van der Waals surface area contributed by atoms with E-state index in [1.807, 2.05) is 24.3 Å². The molecule has 0 bridgehead atoms. The summed E-state index contributed by atoms with van der Waals surface area (Å²) in [4.78, 5) is 41.3. The molecule has 2 aromatic heterocycles. The number of piperazine rings is 1. The van der Waals surface area contributed by atoms with E-state index in [1.165, 1.54) is 18.5 Å². The van der Waals surface area contributed by atoms with E-state index in [-0.39, 0.29) is 41.1 Å². The van der Waals surface area contributed by atoms with Crippen molar-refractivity contribution in [3.63, 3.8) is 0 Å². The Morgan fingerprint density at radius 1 is 1.00 bits per heavy atom. The fourth-order valence-corrected chi connectivity index (χ4v) is 3.68. The van der Waals surface area contributed by atoms with E-state index in [1.54, 1.807) is 40.7 Å². The van der Waals surface area contributed by atoms with Crippen LogP contribution in [0.5, 0.6) is 11.5 Å². The second-order valence-corrected chi connectivity index (χ2v) is 7.70. The number of aromatic nitrogens is 1. The summed E-state index contributed by atoms with van der Waals surface area (Å²) in [6, 6.07) is 12.0. The van der Waals surface area contributed by atoms with E-state index in [4.69, 9.17) is 13.9 Å². The maximum Gasteiger partial charge on any atom is 0.289 e. The predicted octanol–water partition coefficient (Wildman–Crippen LogP) is 2.16. The maximum absolute atomic E-state index is 13.0. The van der Waals surface area contributed by atoms with Crippen LogP contribution in [0.15, 0.2) is 64.1 Å². The number of hydrogen-bond acceptors (Lipinski definition) is 6. The zero-order valence-corrected chi connectivity index (χ0v) is 18.5. The van der Waals surface area contributed by atoms with Crippen molar-refractivity contribution in [2.24, 2.45) is 7.05 Å². The molecule has 3 heterocycles. The molecule has 0 spiro atoms. The number of furan rings is 1. The minimum absolute atomic E-state index is 0.158. The van der Waals surface area contributed by atoms with Gasteiger partial charge in [0.15, 0.2) is 11.5 Å². The van der Waals surface area contributed by atoms with Crippen LogP contribution in [0, 0.1) is 0 Å². The van der Waals surface area contributed by atoms with E-state index in [0.29, 0.717) is 31.9 Å². The van der Waals surface area contributed by atoms with Crippen molar-refractivity contribution in [1.29, 1.82) is 0 Å². The Balaban J connectivity index is 1.40. The van der Waals surface area contributed by atoms with Gasteiger partial charge in [-0.1, -0.05) is 12.1 Å². The molecule has 0 radical (unpaired) electrons. The Hall–Kier alpha value is -4.01. The quantitative estimate of drug-likeness (QED) is 0.570. The van der Waals surface area contributed by atoms with Crippen LogP contribution >= 0.6 is 0 Å². The van der Waals surface area contributed by atoms with Crippen molar-refractivity contribution < 1.29 is 23.5 Å². The van der Waals surface area contributed by atoms with Crippen LogP contribution in [0.4, 0.5) is 0 Å². The molecule has 4 rings (SSSR count). The van der Waals surface area contributed by atoms with Crippen molar-refractivity contribution in [2.45, 2.75) is 6.61 Å². The van der Waals surface area contributed by atoms with Gasteiger partial charge in [-0.05, 0) is 29.8 Å². The summed E-state index contributed by atoms with van der Waals surface area (Å²) in [7, 11) is 3.28. The molecular weight excluding hydrogens is 426 g/mol. The number of carbonyl (C=O) groups is 2. The number of rotatable bonds is 6. The van der Waals surface area contributed by atoms with Gasteiger partial charge in [0.05, 0.1) is 19.6 Å². The molecule has 0 saturated carbocycles. The fraction of sp³-hybridized carbons (Fsp3) is 0.292. The summed E-state index contributed by atoms with van der Waals surface area (Å²) in [6.45, 7) is 1.72. The van der Waals surface area contributed by atoms with Crippen LogP contribution in [-0.4, -0.2) is 59.5 Å². The van der Waals surface area contributed by atoms with Gasteiger partial charge in [0.1, 0.15) is 18.1 Å². The van der Waals surface area contributed by atoms with Crippen molar-refractivity contribution in [1.82, 2.24) is 14.4 Å². The Bertz CT molecular complexity index is 1190. The molecule has 0 N–H and O–H groups in total. The smallest absolute Gasteiger partial charge is 0.289 e. The summed E-state index contributed by atoms with van der Waals surface area (Å²) in [5.41, 5.74) is 0.754. The monoisotopic (exact) mass is 451 g/mol. The van der Waals surface area contributed by atoms with Crippen LogP contribution in [0.2, 0.25) is 0 Å². The zero-order valence-electron chi connectivity index (χ0n) is 18.5. The summed E-state index contributed by atoms with van der Waals surface area (Å²) in [5.74, 6) is 0.680. The van der Waals surface area contributed by atoms with Gasteiger partial charge >= 0.3 is 0 Å². The van der Waals surface area contributed by atoms with Crippen LogP contribution in [0.1, 0.15) is 26.6 Å². The maximum atomic E-state index is 13.0. The highest BCUT2D eigenvalue weighted by Gasteiger charge is 2.27. The number of benzene rings is 1. The third kappa shape index (κ3) is 4.92. The predicted molar refractivity (Wildman–Crippen MR) is 120 cm³/mol. The summed E-state index contributed by atoms with van der Waals surface area (Å²) in [6.07, 6.45) is 2.98. The standard InChI is InChI=1S/C24H25N3O6/c1-25-15-22(33-16-17-5-3-6-18(13-17)31-2)20(28)14-19(25)23(29)26-8-10-27(11-9-26)24(30)21-7-4-12-32-21/h3-7,12-15H,8-11,16H2,1-2H3. The number of hydrogen-bond donors (Lipinski definition) is 0. The molecule has 172 valence electrons. The number of carbonyl (C=O) groups excluding carboxylic acids is 2. The van der Waals surface area contributed by atoms with Crippen LogP contribution in [0.25, 0.3) is 0 Å². The van der Waals surface area contributed by atoms with E-state index in [0.717, 1.165) is 5.56 Å². The number of methoxy groups -OCH3 is 1. The molecule has 1 aromatic carbocycles. The molecule has 2 amide bonds. The van der Waals surface area contributed by atoms with Gasteiger partial charge in [0, 0.05) is 39.3 Å². The molecule has 0 atom stereocenters. The molecule has 1 saturated heterocycles.